The maximum Gasteiger partial charge on any atom is 0.289 e. The van der Waals surface area contributed by atoms with Gasteiger partial charge in [0.15, 0.2) is 35.7 Å². The summed E-state index contributed by atoms with van der Waals surface area (Å²) in [5.74, 6) is -4.01. The number of sulfonamides is 4. The number of ketones is 1. The van der Waals surface area contributed by atoms with E-state index in [1.807, 2.05) is 0 Å². The molecule has 11 aromatic rings. The molecule has 0 saturated carbocycles. The Labute approximate surface area is 877 Å². The van der Waals surface area contributed by atoms with Crippen molar-refractivity contribution in [3.8, 4) is 0 Å². The molecular weight excluding hydrogens is 2140 g/mol. The monoisotopic (exact) mass is 2230 g/mol. The van der Waals surface area contributed by atoms with E-state index in [0.29, 0.717) is 45.3 Å². The van der Waals surface area contributed by atoms with Gasteiger partial charge in [0.2, 0.25) is 11.8 Å². The van der Waals surface area contributed by atoms with Gasteiger partial charge in [-0.25, -0.2) is 64.4 Å². The van der Waals surface area contributed by atoms with E-state index >= 15 is 0 Å². The standard InChI is InChI=1S/2C17H17FN4O4S2.C16H14ClFN2O4S.C16H15FN2O5S.C12H14FNO2.C10H10FNO2.C10H12FNO.ClH/c2*1-11(8-9-27-17(19)20)13-10-12(6-7-14(13)18)21-28(25,26)16-5-3-2-4-15(16)22(23)24;1-11(8-9-17)13-10-12(6-7-14(13)18)19-25(23,24)16-5-3-2-4-15(16)20(21)22;1-3-16(2,20)12-10-11(8-9-13(12)17)18-25(23,24)15-7-5-4-6-14(15)19(21)22;1-4-12(3,16)10-7-9(14-8(2)15)5-6-11(10)13;1-6(13)9-5-8(12-7(2)14)3-4-10(9)11;1-3-10(2,13)8-6-7(12)4-5-9(8)11;/h2*2-8,10,21H,9H2,1H3,(H3,19,20);2-8,10,19H,9H2,1H3;3-10,18,20H,1H2,2H3;4-7,16H,1H2,2-3H3,(H,14,15);3-5H,1-2H3,(H,12,14);3-6,13H,1,12H2,2H3;1H/b3*11-8+;;;;;. The zero-order chi connectivity index (χ0) is 112. The van der Waals surface area contributed by atoms with Gasteiger partial charge in [-0.3, -0.25) is 84.5 Å². The van der Waals surface area contributed by atoms with Crippen molar-refractivity contribution >= 4 is 195 Å². The second kappa shape index (κ2) is 56.6. The second-order valence-electron chi connectivity index (χ2n) is 31.4. The number of nitrogens with one attached hydrogen (secondary N) is 8. The van der Waals surface area contributed by atoms with E-state index < -0.39 is 160 Å². The lowest BCUT2D eigenvalue weighted by Gasteiger charge is -2.20. The molecule has 0 aromatic heterocycles. The Bertz CT molecular complexity index is 7360. The number of halogens is 9. The van der Waals surface area contributed by atoms with Crippen LogP contribution < -0.4 is 46.7 Å². The largest absolute Gasteiger partial charge is 0.399 e. The number of nitrogens with zero attached hydrogens (tertiary/aromatic N) is 4. The first kappa shape index (κ1) is 127. The van der Waals surface area contributed by atoms with E-state index in [9.17, 15) is 135 Å². The van der Waals surface area contributed by atoms with Crippen LogP contribution in [0.5, 0.6) is 0 Å². The predicted octanol–water partition coefficient (Wildman–Crippen LogP) is 20.6. The number of hydrogen-bond acceptors (Lipinski definition) is 27. The number of rotatable bonds is 33. The number of nitro groups is 4. The van der Waals surface area contributed by atoms with Gasteiger partial charge in [-0.05, 0) is 217 Å². The second-order valence-corrected chi connectivity index (χ2v) is 40.4. The van der Waals surface area contributed by atoms with Gasteiger partial charge >= 0.3 is 0 Å². The molecule has 0 aliphatic rings. The number of amidine groups is 2. The lowest BCUT2D eigenvalue weighted by Crippen LogP contribution is -2.20. The van der Waals surface area contributed by atoms with Gasteiger partial charge in [0.1, 0.15) is 57.5 Å². The number of para-hydroxylation sites is 4. The number of benzene rings is 11. The molecule has 17 N–H and O–H groups in total. The number of allylic oxidation sites excluding steroid dienone is 4. The number of carbonyl (C=O) groups is 3. The maximum atomic E-state index is 14.2. The molecule has 3 atom stereocenters. The Hall–Kier alpha value is -15.5. The van der Waals surface area contributed by atoms with Gasteiger partial charge in [-0.1, -0.05) is 128 Å². The van der Waals surface area contributed by atoms with Crippen LogP contribution in [-0.4, -0.2) is 114 Å². The third-order valence-corrected chi connectivity index (χ3v) is 27.1. The Balaban J connectivity index is 0.000000370. The fourth-order valence-electron chi connectivity index (χ4n) is 12.3. The SMILES string of the molecule is C/C(=C\CCl)c1cc(NS(=O)(=O)c2ccccc2[N+](=O)[O-])ccc1F.C/C(=C\CSC(=N)N)c1cc(NS(=O)(=O)c2ccccc2[N+](=O)[O-])ccc1F.C/C(=C\CSC(=N)N)c1cc(NS(=O)(=O)c2ccccc2[N+](=O)[O-])ccc1F.C=CC(C)(O)c1cc(N)ccc1F.C=CC(C)(O)c1cc(NC(C)=O)ccc1F.C=CC(C)(O)c1cc(NS(=O)(=O)c2ccccc2[N+](=O)[O-])ccc1F.CC(=O)Nc1ccc(F)c(C(C)=O)c1.Cl. The molecule has 0 heterocycles. The minimum Gasteiger partial charge on any atom is -0.399 e. The highest BCUT2D eigenvalue weighted by molar-refractivity contribution is 8.14. The number of aliphatic hydroxyl groups is 3. The van der Waals surface area contributed by atoms with Crippen molar-refractivity contribution in [3.05, 3.63) is 401 Å². The number of thioether (sulfide) groups is 2. The van der Waals surface area contributed by atoms with Crippen molar-refractivity contribution in [1.82, 2.24) is 0 Å². The summed E-state index contributed by atoms with van der Waals surface area (Å²) < 4.78 is 205. The summed E-state index contributed by atoms with van der Waals surface area (Å²) in [7, 11) is -17.0. The van der Waals surface area contributed by atoms with Crippen molar-refractivity contribution in [2.75, 3.05) is 52.6 Å². The molecular formula is C98H100Cl2F7N15O22S6. The van der Waals surface area contributed by atoms with E-state index in [2.05, 4.69) is 49.3 Å². The smallest absolute Gasteiger partial charge is 0.289 e. The molecule has 0 fully saturated rings. The van der Waals surface area contributed by atoms with E-state index in [0.717, 1.165) is 121 Å². The van der Waals surface area contributed by atoms with Crippen molar-refractivity contribution < 1.29 is 114 Å². The third kappa shape index (κ3) is 38.0. The molecule has 11 aromatic carbocycles. The van der Waals surface area contributed by atoms with Crippen molar-refractivity contribution in [3.63, 3.8) is 0 Å². The minimum atomic E-state index is -4.29. The summed E-state index contributed by atoms with van der Waals surface area (Å²) in [4.78, 5) is 71.5. The van der Waals surface area contributed by atoms with Crippen LogP contribution in [0.1, 0.15) is 106 Å². The summed E-state index contributed by atoms with van der Waals surface area (Å²) in [6, 6.07) is 45.8. The van der Waals surface area contributed by atoms with Crippen LogP contribution in [0.15, 0.2) is 300 Å². The molecule has 37 nitrogen and oxygen atoms in total. The summed E-state index contributed by atoms with van der Waals surface area (Å²) in [5.41, 5.74) is 12.7. The third-order valence-electron chi connectivity index (χ3n) is 20.0. The van der Waals surface area contributed by atoms with Crippen LogP contribution in [0, 0.1) is 92.0 Å². The molecule has 0 bridgehead atoms. The van der Waals surface area contributed by atoms with Crippen molar-refractivity contribution in [2.24, 2.45) is 11.5 Å². The molecule has 0 saturated heterocycles. The Morgan fingerprint density at radius 2 is 0.607 bits per heavy atom. The number of nitrogen functional groups attached to an aromatic ring is 1. The zero-order valence-corrected chi connectivity index (χ0v) is 87.0. The molecule has 150 heavy (non-hydrogen) atoms. The molecule has 0 aliphatic heterocycles. The number of nitro benzene ring substituents is 4. The van der Waals surface area contributed by atoms with E-state index in [4.69, 9.17) is 39.6 Å². The highest BCUT2D eigenvalue weighted by atomic mass is 35.5. The van der Waals surface area contributed by atoms with Crippen LogP contribution in [0.4, 0.5) is 93.3 Å². The first-order valence-corrected chi connectivity index (χ1v) is 50.9. The molecule has 2 amide bonds. The first-order chi connectivity index (χ1) is 69.4. The van der Waals surface area contributed by atoms with Crippen LogP contribution in [0.3, 0.4) is 0 Å². The van der Waals surface area contributed by atoms with Crippen LogP contribution in [0.25, 0.3) is 16.7 Å². The Morgan fingerprint density at radius 3 is 0.867 bits per heavy atom. The van der Waals surface area contributed by atoms with E-state index in [1.165, 1.54) is 187 Å². The number of hydrogen-bond donors (Lipinski definition) is 14. The number of alkyl halides is 1. The number of nitrogens with two attached hydrogens (primary N) is 3. The fourth-order valence-corrected chi connectivity index (χ4v) is 18.5. The predicted molar refractivity (Wildman–Crippen MR) is 570 cm³/mol. The highest BCUT2D eigenvalue weighted by Crippen LogP contribution is 2.37. The fraction of sp³-hybridized carbons (Fsp3) is 0.153. The number of anilines is 7. The van der Waals surface area contributed by atoms with E-state index in [1.54, 1.807) is 39.0 Å². The van der Waals surface area contributed by atoms with Gasteiger partial charge in [-0.15, -0.1) is 24.0 Å². The number of carbonyl (C=O) groups excluding carboxylic acids is 3. The van der Waals surface area contributed by atoms with E-state index in [-0.39, 0.29) is 108 Å². The zero-order valence-electron chi connectivity index (χ0n) is 80.6. The summed E-state index contributed by atoms with van der Waals surface area (Å²) in [6.07, 6.45) is 8.51. The molecule has 11 rings (SSSR count). The summed E-state index contributed by atoms with van der Waals surface area (Å²) in [6.45, 7) is 23.3. The number of amides is 2. The number of Topliss-reactive ketones (excluding diaryl/α,β-unsaturated/α-hetero) is 1. The Morgan fingerprint density at radius 1 is 0.380 bits per heavy atom. The van der Waals surface area contributed by atoms with Gasteiger partial charge in [0.25, 0.3) is 62.8 Å². The first-order valence-electron chi connectivity index (χ1n) is 42.5. The van der Waals surface area contributed by atoms with Gasteiger partial charge in [0.05, 0.1) is 25.3 Å². The van der Waals surface area contributed by atoms with Crippen LogP contribution in [-0.2, 0) is 66.5 Å². The van der Waals surface area contributed by atoms with Crippen LogP contribution >= 0.6 is 47.5 Å². The average molecular weight is 2240 g/mol. The van der Waals surface area contributed by atoms with Crippen molar-refractivity contribution in [1.29, 1.82) is 10.8 Å². The topological polar surface area (TPSA) is 619 Å². The quantitative estimate of drug-likeness (QED) is 0.00209. The average Bonchev–Trinajstić information content (AvgIpc) is 0.892. The summed E-state index contributed by atoms with van der Waals surface area (Å²) in [5, 5.41) is 93.0. The molecule has 0 aliphatic carbocycles. The molecule has 0 radical (unpaired) electrons. The van der Waals surface area contributed by atoms with Gasteiger partial charge < -0.3 is 43.2 Å². The highest BCUT2D eigenvalue weighted by Gasteiger charge is 2.33. The molecule has 52 heteroatoms. The lowest BCUT2D eigenvalue weighted by atomic mass is 9.95. The lowest BCUT2D eigenvalue weighted by molar-refractivity contribution is -0.388. The molecule has 798 valence electrons. The normalized spacial score (nSPS) is 12.4. The van der Waals surface area contributed by atoms with Gasteiger partial charge in [-0.2, -0.15) is 0 Å². The molecule has 3 unspecified atom stereocenters. The Kier molecular flexibility index (Phi) is 47.8. The van der Waals surface area contributed by atoms with Crippen molar-refractivity contribution in [2.45, 2.75) is 98.7 Å². The minimum absolute atomic E-state index is 0. The summed E-state index contributed by atoms with van der Waals surface area (Å²) >= 11 is 7.72. The molecule has 0 spiro atoms. The van der Waals surface area contributed by atoms with Gasteiger partial charge in [0, 0.05) is 129 Å². The maximum absolute atomic E-state index is 14.2. The van der Waals surface area contributed by atoms with Crippen LogP contribution in [0.2, 0.25) is 0 Å².